The first-order valence-electron chi connectivity index (χ1n) is 8.20. The van der Waals surface area contributed by atoms with Crippen molar-refractivity contribution in [3.05, 3.63) is 82.4 Å². The molecule has 0 saturated carbocycles. The molecule has 0 spiro atoms. The molecular formula is C19H23ClN4O. The fourth-order valence-corrected chi connectivity index (χ4v) is 2.80. The highest BCUT2D eigenvalue weighted by atomic mass is 35.5. The summed E-state index contributed by atoms with van der Waals surface area (Å²) in [7, 11) is 0. The van der Waals surface area contributed by atoms with Gasteiger partial charge in [0.15, 0.2) is 0 Å². The summed E-state index contributed by atoms with van der Waals surface area (Å²) in [6.45, 7) is 2.88. The Balaban J connectivity index is 0.00000225. The third-order valence-corrected chi connectivity index (χ3v) is 4.01. The van der Waals surface area contributed by atoms with Crippen molar-refractivity contribution in [1.82, 2.24) is 14.3 Å². The lowest BCUT2D eigenvalue weighted by atomic mass is 10.1. The molecule has 0 aliphatic carbocycles. The van der Waals surface area contributed by atoms with Crippen LogP contribution in [0.25, 0.3) is 5.65 Å². The summed E-state index contributed by atoms with van der Waals surface area (Å²) in [6.07, 6.45) is 2.69. The molecule has 2 heterocycles. The van der Waals surface area contributed by atoms with E-state index in [-0.39, 0.29) is 18.0 Å². The Kier molecular flexibility index (Phi) is 7.13. The Bertz CT molecular complexity index is 851. The van der Waals surface area contributed by atoms with Crippen molar-refractivity contribution in [2.45, 2.75) is 13.0 Å². The Morgan fingerprint density at radius 3 is 2.56 bits per heavy atom. The summed E-state index contributed by atoms with van der Waals surface area (Å²) in [5.74, 6) is 0. The largest absolute Gasteiger partial charge is 0.329 e. The summed E-state index contributed by atoms with van der Waals surface area (Å²) in [4.78, 5) is 19.0. The van der Waals surface area contributed by atoms with Gasteiger partial charge in [0, 0.05) is 38.4 Å². The normalized spacial score (nSPS) is 10.8. The standard InChI is InChI=1S/C19H22N4O.ClH/c20-10-13-22(12-9-16-6-2-1-3-7-16)15-17-14-19(24)23-11-5-4-8-18(23)21-17;/h1-8,11,14H,9-10,12-13,15,20H2;1H. The zero-order valence-corrected chi connectivity index (χ0v) is 14.9. The molecule has 5 nitrogen and oxygen atoms in total. The first-order chi connectivity index (χ1) is 11.8. The minimum absolute atomic E-state index is 0. The third-order valence-electron chi connectivity index (χ3n) is 4.01. The van der Waals surface area contributed by atoms with Gasteiger partial charge in [-0.2, -0.15) is 0 Å². The molecule has 1 aromatic carbocycles. The average Bonchev–Trinajstić information content (AvgIpc) is 2.61. The van der Waals surface area contributed by atoms with Crippen LogP contribution in [0, 0.1) is 0 Å². The molecule has 3 aromatic rings. The number of nitrogens with zero attached hydrogens (tertiary/aromatic N) is 3. The maximum absolute atomic E-state index is 12.2. The van der Waals surface area contributed by atoms with E-state index in [4.69, 9.17) is 5.73 Å². The monoisotopic (exact) mass is 358 g/mol. The van der Waals surface area contributed by atoms with E-state index in [9.17, 15) is 4.79 Å². The van der Waals surface area contributed by atoms with Crippen molar-refractivity contribution in [2.75, 3.05) is 19.6 Å². The fraction of sp³-hybridized carbons (Fsp3) is 0.263. The third kappa shape index (κ3) is 5.13. The SMILES string of the molecule is Cl.NCCN(CCc1ccccc1)Cc1cc(=O)n2ccccc2n1. The second-order valence-corrected chi connectivity index (χ2v) is 5.81. The van der Waals surface area contributed by atoms with E-state index in [1.165, 1.54) is 5.56 Å². The lowest BCUT2D eigenvalue weighted by molar-refractivity contribution is 0.273. The summed E-state index contributed by atoms with van der Waals surface area (Å²) >= 11 is 0. The zero-order valence-electron chi connectivity index (χ0n) is 14.0. The molecule has 3 rings (SSSR count). The minimum Gasteiger partial charge on any atom is -0.329 e. The molecular weight excluding hydrogens is 336 g/mol. The predicted molar refractivity (Wildman–Crippen MR) is 103 cm³/mol. The summed E-state index contributed by atoms with van der Waals surface area (Å²) in [5, 5.41) is 0. The van der Waals surface area contributed by atoms with E-state index >= 15 is 0 Å². The number of fused-ring (bicyclic) bond motifs is 1. The van der Waals surface area contributed by atoms with Gasteiger partial charge in [0.1, 0.15) is 5.65 Å². The quantitative estimate of drug-likeness (QED) is 0.702. The van der Waals surface area contributed by atoms with Crippen LogP contribution in [0.15, 0.2) is 65.6 Å². The lowest BCUT2D eigenvalue weighted by Crippen LogP contribution is -2.32. The Morgan fingerprint density at radius 2 is 1.80 bits per heavy atom. The highest BCUT2D eigenvalue weighted by Gasteiger charge is 2.09. The van der Waals surface area contributed by atoms with Gasteiger partial charge in [-0.15, -0.1) is 12.4 Å². The second kappa shape index (κ2) is 9.32. The summed E-state index contributed by atoms with van der Waals surface area (Å²) in [5.41, 5.74) is 8.45. The highest BCUT2D eigenvalue weighted by molar-refractivity contribution is 5.85. The van der Waals surface area contributed by atoms with E-state index < -0.39 is 0 Å². The Hall–Kier alpha value is -2.21. The molecule has 0 radical (unpaired) electrons. The molecule has 0 saturated heterocycles. The number of halogens is 1. The van der Waals surface area contributed by atoms with Crippen molar-refractivity contribution in [2.24, 2.45) is 5.73 Å². The van der Waals surface area contributed by atoms with Gasteiger partial charge in [-0.3, -0.25) is 14.1 Å². The van der Waals surface area contributed by atoms with Crippen molar-refractivity contribution in [3.63, 3.8) is 0 Å². The van der Waals surface area contributed by atoms with Gasteiger partial charge in [0.25, 0.3) is 5.56 Å². The molecule has 6 heteroatoms. The maximum Gasteiger partial charge on any atom is 0.258 e. The van der Waals surface area contributed by atoms with E-state index in [0.29, 0.717) is 18.7 Å². The molecule has 2 aromatic heterocycles. The first kappa shape index (κ1) is 19.1. The molecule has 0 amide bonds. The van der Waals surface area contributed by atoms with Crippen molar-refractivity contribution < 1.29 is 0 Å². The van der Waals surface area contributed by atoms with Crippen LogP contribution in [0.5, 0.6) is 0 Å². The van der Waals surface area contributed by atoms with E-state index in [1.54, 1.807) is 16.7 Å². The maximum atomic E-state index is 12.2. The van der Waals surface area contributed by atoms with Gasteiger partial charge in [-0.1, -0.05) is 36.4 Å². The van der Waals surface area contributed by atoms with Crippen molar-refractivity contribution in [1.29, 1.82) is 0 Å². The van der Waals surface area contributed by atoms with Crippen LogP contribution in [0.1, 0.15) is 11.3 Å². The number of aromatic nitrogens is 2. The summed E-state index contributed by atoms with van der Waals surface area (Å²) < 4.78 is 1.56. The van der Waals surface area contributed by atoms with Crippen LogP contribution in [-0.2, 0) is 13.0 Å². The number of rotatable bonds is 7. The molecule has 0 aliphatic rings. The molecule has 25 heavy (non-hydrogen) atoms. The van der Waals surface area contributed by atoms with E-state index in [2.05, 4.69) is 34.1 Å². The van der Waals surface area contributed by atoms with Crippen LogP contribution in [-0.4, -0.2) is 33.9 Å². The minimum atomic E-state index is -0.0497. The number of nitrogens with two attached hydrogens (primary N) is 1. The van der Waals surface area contributed by atoms with Gasteiger partial charge in [0.2, 0.25) is 0 Å². The first-order valence-corrected chi connectivity index (χ1v) is 8.20. The van der Waals surface area contributed by atoms with E-state index in [1.807, 2.05) is 24.3 Å². The Morgan fingerprint density at radius 1 is 1.04 bits per heavy atom. The number of hydrogen-bond donors (Lipinski definition) is 1. The molecule has 0 unspecified atom stereocenters. The predicted octanol–water partition coefficient (Wildman–Crippen LogP) is 2.12. The molecule has 2 N–H and O–H groups in total. The van der Waals surface area contributed by atoms with Gasteiger partial charge in [0.05, 0.1) is 5.69 Å². The van der Waals surface area contributed by atoms with Crippen LogP contribution in [0.2, 0.25) is 0 Å². The Labute approximate surface area is 153 Å². The van der Waals surface area contributed by atoms with Crippen LogP contribution < -0.4 is 11.3 Å². The van der Waals surface area contributed by atoms with Crippen molar-refractivity contribution in [3.8, 4) is 0 Å². The lowest BCUT2D eigenvalue weighted by Gasteiger charge is -2.21. The number of pyridine rings is 1. The van der Waals surface area contributed by atoms with E-state index in [0.717, 1.165) is 25.2 Å². The zero-order chi connectivity index (χ0) is 16.8. The molecule has 0 atom stereocenters. The van der Waals surface area contributed by atoms with Gasteiger partial charge >= 0.3 is 0 Å². The topological polar surface area (TPSA) is 63.6 Å². The molecule has 132 valence electrons. The molecule has 0 aliphatic heterocycles. The van der Waals surface area contributed by atoms with Gasteiger partial charge < -0.3 is 5.73 Å². The van der Waals surface area contributed by atoms with Crippen LogP contribution in [0.4, 0.5) is 0 Å². The average molecular weight is 359 g/mol. The van der Waals surface area contributed by atoms with Crippen LogP contribution in [0.3, 0.4) is 0 Å². The number of hydrogen-bond acceptors (Lipinski definition) is 4. The molecule has 0 fully saturated rings. The smallest absolute Gasteiger partial charge is 0.258 e. The van der Waals surface area contributed by atoms with Gasteiger partial charge in [-0.05, 0) is 24.1 Å². The summed E-state index contributed by atoms with van der Waals surface area (Å²) in [6, 6.07) is 17.6. The second-order valence-electron chi connectivity index (χ2n) is 5.81. The van der Waals surface area contributed by atoms with Gasteiger partial charge in [-0.25, -0.2) is 4.98 Å². The fourth-order valence-electron chi connectivity index (χ4n) is 2.80. The number of benzene rings is 1. The molecule has 0 bridgehead atoms. The van der Waals surface area contributed by atoms with Crippen LogP contribution >= 0.6 is 12.4 Å². The highest BCUT2D eigenvalue weighted by Crippen LogP contribution is 2.06. The van der Waals surface area contributed by atoms with Crippen molar-refractivity contribution >= 4 is 18.1 Å².